The summed E-state index contributed by atoms with van der Waals surface area (Å²) in [5.41, 5.74) is 2.39. The number of hydrogen-bond acceptors (Lipinski definition) is 1. The summed E-state index contributed by atoms with van der Waals surface area (Å²) in [5.74, 6) is 2.73. The number of rotatable bonds is 6. The Morgan fingerprint density at radius 3 is 2.90 bits per heavy atom. The van der Waals surface area contributed by atoms with Crippen LogP contribution in [0, 0.1) is 9.49 Å². The largest absolute Gasteiger partial charge is 0.325 e. The smallest absolute Gasteiger partial charge is 0.111 e. The second-order valence-corrected chi connectivity index (χ2v) is 7.33. The van der Waals surface area contributed by atoms with Gasteiger partial charge in [0.1, 0.15) is 5.82 Å². The van der Waals surface area contributed by atoms with Gasteiger partial charge in [0.05, 0.1) is 11.0 Å². The van der Waals surface area contributed by atoms with Crippen molar-refractivity contribution in [3.63, 3.8) is 0 Å². The first-order chi connectivity index (χ1) is 9.72. The van der Waals surface area contributed by atoms with E-state index in [1.807, 2.05) is 0 Å². The van der Waals surface area contributed by atoms with E-state index in [4.69, 9.17) is 16.6 Å². The summed E-state index contributed by atoms with van der Waals surface area (Å²) in [5, 5.41) is 0. The van der Waals surface area contributed by atoms with Crippen LogP contribution in [-0.2, 0) is 6.42 Å². The molecule has 1 aliphatic carbocycles. The Balaban J connectivity index is 2.06. The van der Waals surface area contributed by atoms with Gasteiger partial charge < -0.3 is 4.57 Å². The van der Waals surface area contributed by atoms with Crippen LogP contribution in [-0.4, -0.2) is 15.4 Å². The number of alkyl halides is 1. The number of aryl methyl sites for hydroxylation is 1. The fraction of sp³-hybridized carbons (Fsp3) is 0.562. The molecule has 1 atom stereocenters. The van der Waals surface area contributed by atoms with E-state index < -0.39 is 0 Å². The third-order valence-corrected chi connectivity index (χ3v) is 5.04. The molecule has 3 rings (SSSR count). The van der Waals surface area contributed by atoms with Crippen molar-refractivity contribution in [1.29, 1.82) is 0 Å². The zero-order valence-corrected chi connectivity index (χ0v) is 14.7. The van der Waals surface area contributed by atoms with Crippen molar-refractivity contribution in [3.05, 3.63) is 27.6 Å². The van der Waals surface area contributed by atoms with Crippen LogP contribution in [0.2, 0.25) is 0 Å². The van der Waals surface area contributed by atoms with Gasteiger partial charge in [-0.3, -0.25) is 0 Å². The number of halogens is 2. The lowest BCUT2D eigenvalue weighted by Crippen LogP contribution is -2.13. The number of aromatic nitrogens is 2. The highest BCUT2D eigenvalue weighted by Gasteiger charge is 2.27. The summed E-state index contributed by atoms with van der Waals surface area (Å²) >= 11 is 8.33. The number of imidazole rings is 1. The molecule has 1 saturated carbocycles. The molecule has 2 nitrogen and oxygen atoms in total. The molecule has 0 N–H and O–H groups in total. The van der Waals surface area contributed by atoms with Crippen LogP contribution in [0.15, 0.2) is 18.2 Å². The molecule has 20 heavy (non-hydrogen) atoms. The minimum Gasteiger partial charge on any atom is -0.325 e. The molecule has 0 saturated heterocycles. The molecule has 2 aromatic rings. The Kier molecular flexibility index (Phi) is 4.55. The highest BCUT2D eigenvalue weighted by atomic mass is 127. The van der Waals surface area contributed by atoms with E-state index in [2.05, 4.69) is 52.3 Å². The normalized spacial score (nSPS) is 16.8. The van der Waals surface area contributed by atoms with Crippen molar-refractivity contribution in [3.8, 4) is 0 Å². The van der Waals surface area contributed by atoms with Gasteiger partial charge in [0.15, 0.2) is 0 Å². The molecule has 0 amide bonds. The molecule has 1 aliphatic rings. The predicted octanol–water partition coefficient (Wildman–Crippen LogP) is 5.17. The quantitative estimate of drug-likeness (QED) is 0.481. The standard InChI is InChI=1S/C16H20ClIN2/c1-2-13(9-11-3-4-11)20-15-6-5-12(18)10-14(15)19-16(20)7-8-17/h5-6,10-11,13H,2-4,7-9H2,1H3. The van der Waals surface area contributed by atoms with Crippen LogP contribution in [0.5, 0.6) is 0 Å². The maximum absolute atomic E-state index is 5.98. The SMILES string of the molecule is CCC(CC1CC1)n1c(CCCl)nc2cc(I)ccc21. The number of fused-ring (bicyclic) bond motifs is 1. The van der Waals surface area contributed by atoms with Crippen LogP contribution in [0.25, 0.3) is 11.0 Å². The van der Waals surface area contributed by atoms with Gasteiger partial charge in [0.25, 0.3) is 0 Å². The molecule has 0 bridgehead atoms. The zero-order chi connectivity index (χ0) is 14.1. The average molecular weight is 403 g/mol. The average Bonchev–Trinajstić information content (AvgIpc) is 3.18. The lowest BCUT2D eigenvalue weighted by molar-refractivity contribution is 0.427. The van der Waals surface area contributed by atoms with Gasteiger partial charge in [-0.25, -0.2) is 4.98 Å². The fourth-order valence-corrected chi connectivity index (χ4v) is 3.63. The minimum absolute atomic E-state index is 0.575. The molecule has 1 heterocycles. The zero-order valence-electron chi connectivity index (χ0n) is 11.8. The van der Waals surface area contributed by atoms with E-state index in [0.29, 0.717) is 11.9 Å². The second kappa shape index (κ2) is 6.22. The molecule has 1 aromatic heterocycles. The number of hydrogen-bond donors (Lipinski definition) is 0. The third kappa shape index (κ3) is 2.98. The van der Waals surface area contributed by atoms with E-state index in [1.54, 1.807) is 0 Å². The van der Waals surface area contributed by atoms with E-state index in [0.717, 1.165) is 23.7 Å². The fourth-order valence-electron chi connectivity index (χ4n) is 2.98. The highest BCUT2D eigenvalue weighted by Crippen LogP contribution is 2.39. The molecule has 0 aliphatic heterocycles. The Labute approximate surface area is 139 Å². The van der Waals surface area contributed by atoms with Crippen LogP contribution in [0.1, 0.15) is 44.5 Å². The molecule has 4 heteroatoms. The van der Waals surface area contributed by atoms with E-state index in [9.17, 15) is 0 Å². The maximum atomic E-state index is 5.98. The Morgan fingerprint density at radius 2 is 2.25 bits per heavy atom. The molecule has 0 radical (unpaired) electrons. The topological polar surface area (TPSA) is 17.8 Å². The van der Waals surface area contributed by atoms with E-state index >= 15 is 0 Å². The molecule has 108 valence electrons. The summed E-state index contributed by atoms with van der Waals surface area (Å²) in [4.78, 5) is 4.83. The lowest BCUT2D eigenvalue weighted by atomic mass is 10.1. The van der Waals surface area contributed by atoms with Gasteiger partial charge in [0.2, 0.25) is 0 Å². The van der Waals surface area contributed by atoms with Crippen molar-refractivity contribution >= 4 is 45.2 Å². The second-order valence-electron chi connectivity index (χ2n) is 5.71. The van der Waals surface area contributed by atoms with Crippen LogP contribution >= 0.6 is 34.2 Å². The Morgan fingerprint density at radius 1 is 1.45 bits per heavy atom. The summed E-state index contributed by atoms with van der Waals surface area (Å²) in [6.07, 6.45) is 6.14. The minimum atomic E-state index is 0.575. The van der Waals surface area contributed by atoms with Crippen molar-refractivity contribution < 1.29 is 0 Å². The van der Waals surface area contributed by atoms with Crippen molar-refractivity contribution in [2.45, 2.75) is 45.1 Å². The van der Waals surface area contributed by atoms with E-state index in [1.165, 1.54) is 34.8 Å². The van der Waals surface area contributed by atoms with Crippen molar-refractivity contribution in [2.24, 2.45) is 5.92 Å². The summed E-state index contributed by atoms with van der Waals surface area (Å²) in [6, 6.07) is 7.14. The van der Waals surface area contributed by atoms with Gasteiger partial charge in [-0.15, -0.1) is 11.6 Å². The first-order valence-corrected chi connectivity index (χ1v) is 9.06. The monoisotopic (exact) mass is 402 g/mol. The molecule has 1 unspecified atom stereocenters. The van der Waals surface area contributed by atoms with Gasteiger partial charge in [0, 0.05) is 21.9 Å². The summed E-state index contributed by atoms with van der Waals surface area (Å²) in [6.45, 7) is 2.29. The van der Waals surface area contributed by atoms with Gasteiger partial charge in [-0.05, 0) is 59.5 Å². The summed E-state index contributed by atoms with van der Waals surface area (Å²) < 4.78 is 3.71. The van der Waals surface area contributed by atoms with Crippen molar-refractivity contribution in [1.82, 2.24) is 9.55 Å². The lowest BCUT2D eigenvalue weighted by Gasteiger charge is -2.20. The van der Waals surface area contributed by atoms with Crippen LogP contribution in [0.4, 0.5) is 0 Å². The van der Waals surface area contributed by atoms with Gasteiger partial charge >= 0.3 is 0 Å². The van der Waals surface area contributed by atoms with Gasteiger partial charge in [-0.1, -0.05) is 19.8 Å². The highest BCUT2D eigenvalue weighted by molar-refractivity contribution is 14.1. The Bertz CT molecular complexity index is 604. The molecule has 1 aromatic carbocycles. The molecule has 0 spiro atoms. The number of benzene rings is 1. The Hall–Kier alpha value is -0.290. The van der Waals surface area contributed by atoms with Crippen LogP contribution < -0.4 is 0 Å². The summed E-state index contributed by atoms with van der Waals surface area (Å²) in [7, 11) is 0. The van der Waals surface area contributed by atoms with E-state index in [-0.39, 0.29) is 0 Å². The predicted molar refractivity (Wildman–Crippen MR) is 93.5 cm³/mol. The van der Waals surface area contributed by atoms with Gasteiger partial charge in [-0.2, -0.15) is 0 Å². The van der Waals surface area contributed by atoms with Crippen LogP contribution in [0.3, 0.4) is 0 Å². The molecule has 1 fully saturated rings. The maximum Gasteiger partial charge on any atom is 0.111 e. The first kappa shape index (κ1) is 14.6. The molecular weight excluding hydrogens is 383 g/mol. The first-order valence-electron chi connectivity index (χ1n) is 7.45. The van der Waals surface area contributed by atoms with Crippen molar-refractivity contribution in [2.75, 3.05) is 5.88 Å². The third-order valence-electron chi connectivity index (χ3n) is 4.18. The number of nitrogens with zero attached hydrogens (tertiary/aromatic N) is 2. The molecular formula is C16H20ClIN2.